The lowest BCUT2D eigenvalue weighted by Gasteiger charge is -2.04. The van der Waals surface area contributed by atoms with Crippen LogP contribution in [0, 0.1) is 0 Å². The van der Waals surface area contributed by atoms with Gasteiger partial charge in [-0.1, -0.05) is 6.92 Å². The lowest BCUT2D eigenvalue weighted by Crippen LogP contribution is -2.15. The van der Waals surface area contributed by atoms with Gasteiger partial charge in [-0.05, 0) is 6.42 Å². The van der Waals surface area contributed by atoms with Crippen molar-refractivity contribution in [2.75, 3.05) is 19.0 Å². The van der Waals surface area contributed by atoms with Crippen LogP contribution in [0.3, 0.4) is 0 Å². The summed E-state index contributed by atoms with van der Waals surface area (Å²) >= 11 is 0. The Morgan fingerprint density at radius 2 is 2.36 bits per heavy atom. The molecule has 1 heterocycles. The molecule has 0 spiro atoms. The molecule has 0 fully saturated rings. The number of aryl methyl sites for hydroxylation is 1. The van der Waals surface area contributed by atoms with Crippen LogP contribution >= 0.6 is 0 Å². The lowest BCUT2D eigenvalue weighted by molar-refractivity contribution is -0.138. The number of esters is 1. The van der Waals surface area contributed by atoms with Crippen molar-refractivity contribution in [1.82, 2.24) is 9.97 Å². The van der Waals surface area contributed by atoms with E-state index in [4.69, 9.17) is 0 Å². The fourth-order valence-corrected chi connectivity index (χ4v) is 0.922. The van der Waals surface area contributed by atoms with Gasteiger partial charge in [0.25, 0.3) is 0 Å². The van der Waals surface area contributed by atoms with Gasteiger partial charge in [-0.25, -0.2) is 9.97 Å². The number of nitrogens with zero attached hydrogens (tertiary/aromatic N) is 2. The topological polar surface area (TPSA) is 64.1 Å². The minimum absolute atomic E-state index is 0.122. The van der Waals surface area contributed by atoms with E-state index in [9.17, 15) is 4.79 Å². The molecule has 76 valence electrons. The smallest absolute Gasteiger partial charge is 0.325 e. The molecular formula is C9H13N3O2. The number of ether oxygens (including phenoxy) is 1. The molecule has 0 aliphatic carbocycles. The van der Waals surface area contributed by atoms with Crippen LogP contribution in [0.4, 0.5) is 5.82 Å². The third-order valence-electron chi connectivity index (χ3n) is 1.73. The van der Waals surface area contributed by atoms with E-state index < -0.39 is 0 Å². The summed E-state index contributed by atoms with van der Waals surface area (Å²) in [4.78, 5) is 18.8. The van der Waals surface area contributed by atoms with Crippen LogP contribution in [-0.2, 0) is 16.0 Å². The number of carbonyl (C=O) groups is 1. The van der Waals surface area contributed by atoms with Crippen molar-refractivity contribution in [3.05, 3.63) is 18.1 Å². The SMILES string of the molecule is CCc1cc(NCC(=O)OC)ncn1. The molecule has 0 saturated carbocycles. The maximum atomic E-state index is 10.8. The van der Waals surface area contributed by atoms with E-state index in [0.717, 1.165) is 12.1 Å². The van der Waals surface area contributed by atoms with Crippen molar-refractivity contribution < 1.29 is 9.53 Å². The monoisotopic (exact) mass is 195 g/mol. The van der Waals surface area contributed by atoms with Crippen LogP contribution in [0.5, 0.6) is 0 Å². The number of aromatic nitrogens is 2. The van der Waals surface area contributed by atoms with Gasteiger partial charge in [0.15, 0.2) is 0 Å². The molecular weight excluding hydrogens is 182 g/mol. The molecule has 5 heteroatoms. The molecule has 1 rings (SSSR count). The van der Waals surface area contributed by atoms with Crippen LogP contribution in [0.15, 0.2) is 12.4 Å². The zero-order valence-electron chi connectivity index (χ0n) is 8.28. The Bertz CT molecular complexity index is 315. The van der Waals surface area contributed by atoms with Crippen LogP contribution < -0.4 is 5.32 Å². The van der Waals surface area contributed by atoms with Crippen molar-refractivity contribution in [3.8, 4) is 0 Å². The number of methoxy groups -OCH3 is 1. The van der Waals surface area contributed by atoms with Gasteiger partial charge in [0, 0.05) is 11.8 Å². The van der Waals surface area contributed by atoms with Gasteiger partial charge in [-0.3, -0.25) is 4.79 Å². The number of nitrogens with one attached hydrogen (secondary N) is 1. The second kappa shape index (κ2) is 5.16. The van der Waals surface area contributed by atoms with E-state index in [1.807, 2.05) is 13.0 Å². The summed E-state index contributed by atoms with van der Waals surface area (Å²) in [5, 5.41) is 2.84. The predicted octanol–water partition coefficient (Wildman–Crippen LogP) is 0.624. The van der Waals surface area contributed by atoms with Crippen molar-refractivity contribution in [2.45, 2.75) is 13.3 Å². The lowest BCUT2D eigenvalue weighted by atomic mass is 10.3. The highest BCUT2D eigenvalue weighted by molar-refractivity contribution is 5.74. The van der Waals surface area contributed by atoms with Crippen LogP contribution in [-0.4, -0.2) is 29.6 Å². The molecule has 0 aliphatic heterocycles. The third-order valence-corrected chi connectivity index (χ3v) is 1.73. The minimum Gasteiger partial charge on any atom is -0.468 e. The molecule has 1 aromatic rings. The molecule has 1 N–H and O–H groups in total. The van der Waals surface area contributed by atoms with Gasteiger partial charge in [0.2, 0.25) is 0 Å². The zero-order chi connectivity index (χ0) is 10.4. The molecule has 0 radical (unpaired) electrons. The van der Waals surface area contributed by atoms with Crippen LogP contribution in [0.1, 0.15) is 12.6 Å². The molecule has 0 aromatic carbocycles. The highest BCUT2D eigenvalue weighted by atomic mass is 16.5. The summed E-state index contributed by atoms with van der Waals surface area (Å²) in [5.74, 6) is 0.323. The van der Waals surface area contributed by atoms with Gasteiger partial charge in [-0.15, -0.1) is 0 Å². The number of hydrogen-bond donors (Lipinski definition) is 1. The van der Waals surface area contributed by atoms with Crippen LogP contribution in [0.25, 0.3) is 0 Å². The summed E-state index contributed by atoms with van der Waals surface area (Å²) in [6.45, 7) is 2.13. The van der Waals surface area contributed by atoms with Gasteiger partial charge in [0.05, 0.1) is 7.11 Å². The maximum absolute atomic E-state index is 10.8. The number of anilines is 1. The van der Waals surface area contributed by atoms with Crippen molar-refractivity contribution >= 4 is 11.8 Å². The Balaban J connectivity index is 2.54. The minimum atomic E-state index is -0.318. The highest BCUT2D eigenvalue weighted by Crippen LogP contribution is 2.03. The Morgan fingerprint density at radius 1 is 1.57 bits per heavy atom. The number of hydrogen-bond acceptors (Lipinski definition) is 5. The number of carbonyl (C=O) groups excluding carboxylic acids is 1. The molecule has 0 atom stereocenters. The van der Waals surface area contributed by atoms with Crippen LogP contribution in [0.2, 0.25) is 0 Å². The summed E-state index contributed by atoms with van der Waals surface area (Å²) in [7, 11) is 1.35. The van der Waals surface area contributed by atoms with E-state index in [0.29, 0.717) is 5.82 Å². The van der Waals surface area contributed by atoms with Crippen molar-refractivity contribution in [1.29, 1.82) is 0 Å². The Hall–Kier alpha value is -1.65. The summed E-state index contributed by atoms with van der Waals surface area (Å²) in [5.41, 5.74) is 0.937. The molecule has 14 heavy (non-hydrogen) atoms. The average Bonchev–Trinajstić information content (AvgIpc) is 2.26. The van der Waals surface area contributed by atoms with Gasteiger partial charge in [-0.2, -0.15) is 0 Å². The third kappa shape index (κ3) is 3.01. The fraction of sp³-hybridized carbons (Fsp3) is 0.444. The van der Waals surface area contributed by atoms with E-state index in [-0.39, 0.29) is 12.5 Å². The molecule has 0 aliphatic rings. The number of rotatable bonds is 4. The first-order valence-electron chi connectivity index (χ1n) is 4.38. The first kappa shape index (κ1) is 10.4. The average molecular weight is 195 g/mol. The van der Waals surface area contributed by atoms with Crippen molar-refractivity contribution in [2.24, 2.45) is 0 Å². The maximum Gasteiger partial charge on any atom is 0.325 e. The Labute approximate surface area is 82.5 Å². The molecule has 0 bridgehead atoms. The van der Waals surface area contributed by atoms with E-state index in [1.165, 1.54) is 13.4 Å². The molecule has 0 amide bonds. The van der Waals surface area contributed by atoms with E-state index in [1.54, 1.807) is 0 Å². The molecule has 0 saturated heterocycles. The summed E-state index contributed by atoms with van der Waals surface area (Å²) in [6, 6.07) is 1.81. The Kier molecular flexibility index (Phi) is 3.84. The second-order valence-electron chi connectivity index (χ2n) is 2.68. The van der Waals surface area contributed by atoms with Gasteiger partial charge in [0.1, 0.15) is 18.7 Å². The largest absolute Gasteiger partial charge is 0.468 e. The van der Waals surface area contributed by atoms with Gasteiger partial charge < -0.3 is 10.1 Å². The summed E-state index contributed by atoms with van der Waals surface area (Å²) in [6.07, 6.45) is 2.31. The van der Waals surface area contributed by atoms with E-state index in [2.05, 4.69) is 20.0 Å². The predicted molar refractivity (Wildman–Crippen MR) is 51.9 cm³/mol. The zero-order valence-corrected chi connectivity index (χ0v) is 8.28. The first-order chi connectivity index (χ1) is 6.76. The van der Waals surface area contributed by atoms with Gasteiger partial charge >= 0.3 is 5.97 Å². The standard InChI is InChI=1S/C9H13N3O2/c1-3-7-4-8(12-6-11-7)10-5-9(13)14-2/h4,6H,3,5H2,1-2H3,(H,10,11,12). The van der Waals surface area contributed by atoms with E-state index >= 15 is 0 Å². The Morgan fingerprint density at radius 3 is 3.00 bits per heavy atom. The molecule has 5 nitrogen and oxygen atoms in total. The van der Waals surface area contributed by atoms with Crippen molar-refractivity contribution in [3.63, 3.8) is 0 Å². The highest BCUT2D eigenvalue weighted by Gasteiger charge is 2.01. The molecule has 1 aromatic heterocycles. The quantitative estimate of drug-likeness (QED) is 0.714. The first-order valence-corrected chi connectivity index (χ1v) is 4.38. The normalized spacial score (nSPS) is 9.57. The second-order valence-corrected chi connectivity index (χ2v) is 2.68. The molecule has 0 unspecified atom stereocenters. The fourth-order valence-electron chi connectivity index (χ4n) is 0.922. The summed E-state index contributed by atoms with van der Waals surface area (Å²) < 4.78 is 4.48.